The summed E-state index contributed by atoms with van der Waals surface area (Å²) < 4.78 is 20.0. The molecule has 4 rings (SSSR count). The Morgan fingerprint density at radius 2 is 1.80 bits per heavy atom. The zero-order valence-corrected chi connectivity index (χ0v) is 21.7. The van der Waals surface area contributed by atoms with Gasteiger partial charge in [-0.1, -0.05) is 39.0 Å². The predicted octanol–water partition coefficient (Wildman–Crippen LogP) is 5.08. The molecule has 2 amide bonds. The fourth-order valence-electron chi connectivity index (χ4n) is 4.87. The van der Waals surface area contributed by atoms with Gasteiger partial charge in [-0.05, 0) is 59.7 Å². The maximum absolute atomic E-state index is 13.7. The van der Waals surface area contributed by atoms with Gasteiger partial charge >= 0.3 is 0 Å². The van der Waals surface area contributed by atoms with Crippen molar-refractivity contribution in [3.05, 3.63) is 65.0 Å². The highest BCUT2D eigenvalue weighted by atomic mass is 32.2. The molecule has 35 heavy (non-hydrogen) atoms. The van der Waals surface area contributed by atoms with Crippen LogP contribution in [0.15, 0.2) is 42.5 Å². The molecule has 0 aromatic heterocycles. The summed E-state index contributed by atoms with van der Waals surface area (Å²) in [6.45, 7) is 8.17. The first-order valence-electron chi connectivity index (χ1n) is 12.6. The lowest BCUT2D eigenvalue weighted by Gasteiger charge is -2.38. The SMILES string of the molecule is CCC(Oc1ccc2c(c1)C(c1ccc(F)cc1)N(C(=O)CC(C)C)CC2)C(=O)N1CCSCC1. The highest BCUT2D eigenvalue weighted by Gasteiger charge is 2.33. The fraction of sp³-hybridized carbons (Fsp3) is 0.500. The molecule has 2 aromatic carbocycles. The third-order valence-corrected chi connectivity index (χ3v) is 7.62. The van der Waals surface area contributed by atoms with E-state index in [1.54, 1.807) is 12.1 Å². The Hall–Kier alpha value is -2.54. The quantitative estimate of drug-likeness (QED) is 0.534. The second-order valence-electron chi connectivity index (χ2n) is 9.70. The van der Waals surface area contributed by atoms with Crippen LogP contribution in [0.1, 0.15) is 56.3 Å². The highest BCUT2D eigenvalue weighted by molar-refractivity contribution is 7.99. The minimum atomic E-state index is -0.539. The Bertz CT molecular complexity index is 1040. The van der Waals surface area contributed by atoms with E-state index in [9.17, 15) is 14.0 Å². The second kappa shape index (κ2) is 11.5. The number of nitrogens with zero attached hydrogens (tertiary/aromatic N) is 2. The van der Waals surface area contributed by atoms with Crippen molar-refractivity contribution in [3.8, 4) is 5.75 Å². The van der Waals surface area contributed by atoms with Gasteiger partial charge in [-0.15, -0.1) is 0 Å². The second-order valence-corrected chi connectivity index (χ2v) is 10.9. The lowest BCUT2D eigenvalue weighted by Crippen LogP contribution is -2.45. The molecule has 0 saturated carbocycles. The van der Waals surface area contributed by atoms with Crippen LogP contribution in [0.5, 0.6) is 5.75 Å². The summed E-state index contributed by atoms with van der Waals surface area (Å²) in [6.07, 6.45) is 1.25. The minimum absolute atomic E-state index is 0.0364. The Morgan fingerprint density at radius 3 is 2.46 bits per heavy atom. The molecule has 2 atom stereocenters. The average Bonchev–Trinajstić information content (AvgIpc) is 2.86. The Kier molecular flexibility index (Phi) is 8.37. The molecule has 2 aliphatic heterocycles. The maximum Gasteiger partial charge on any atom is 0.263 e. The standard InChI is InChI=1S/C28H35FN2O3S/c1-4-25(28(33)30-13-15-35-16-14-30)34-23-10-7-20-11-12-31(26(32)17-19(2)3)27(24(20)18-23)21-5-8-22(29)9-6-21/h5-10,18-19,25,27H,4,11-17H2,1-3H3. The number of benzene rings is 2. The summed E-state index contributed by atoms with van der Waals surface area (Å²) >= 11 is 1.87. The van der Waals surface area contributed by atoms with Gasteiger partial charge < -0.3 is 14.5 Å². The molecule has 2 aromatic rings. The van der Waals surface area contributed by atoms with Crippen molar-refractivity contribution in [2.45, 2.75) is 52.2 Å². The summed E-state index contributed by atoms with van der Waals surface area (Å²) in [5.74, 6) is 2.62. The molecule has 0 aliphatic carbocycles. The molecule has 7 heteroatoms. The summed E-state index contributed by atoms with van der Waals surface area (Å²) in [5, 5.41) is 0. The van der Waals surface area contributed by atoms with Crippen LogP contribution in [-0.2, 0) is 16.0 Å². The maximum atomic E-state index is 13.7. The van der Waals surface area contributed by atoms with Crippen molar-refractivity contribution in [2.24, 2.45) is 5.92 Å². The van der Waals surface area contributed by atoms with Gasteiger partial charge in [0, 0.05) is 37.6 Å². The first kappa shape index (κ1) is 25.5. The van der Waals surface area contributed by atoms with Crippen molar-refractivity contribution >= 4 is 23.6 Å². The lowest BCUT2D eigenvalue weighted by atomic mass is 9.87. The van der Waals surface area contributed by atoms with E-state index in [4.69, 9.17) is 4.74 Å². The van der Waals surface area contributed by atoms with Crippen LogP contribution in [0.2, 0.25) is 0 Å². The Labute approximate surface area is 212 Å². The van der Waals surface area contributed by atoms with Crippen LogP contribution in [0, 0.1) is 11.7 Å². The molecule has 1 saturated heterocycles. The zero-order chi connectivity index (χ0) is 24.9. The number of carbonyl (C=O) groups is 2. The molecular formula is C28H35FN2O3S. The van der Waals surface area contributed by atoms with Gasteiger partial charge in [-0.25, -0.2) is 4.39 Å². The van der Waals surface area contributed by atoms with Crippen molar-refractivity contribution in [1.29, 1.82) is 0 Å². The van der Waals surface area contributed by atoms with Gasteiger partial charge in [0.05, 0.1) is 6.04 Å². The van der Waals surface area contributed by atoms with Gasteiger partial charge in [0.2, 0.25) is 5.91 Å². The smallest absolute Gasteiger partial charge is 0.263 e. The van der Waals surface area contributed by atoms with Gasteiger partial charge in [0.25, 0.3) is 5.91 Å². The molecule has 5 nitrogen and oxygen atoms in total. The average molecular weight is 499 g/mol. The van der Waals surface area contributed by atoms with Gasteiger partial charge in [0.1, 0.15) is 11.6 Å². The van der Waals surface area contributed by atoms with E-state index >= 15 is 0 Å². The number of amides is 2. The van der Waals surface area contributed by atoms with Crippen molar-refractivity contribution < 1.29 is 18.7 Å². The third-order valence-electron chi connectivity index (χ3n) is 6.68. The molecule has 1 fully saturated rings. The summed E-state index contributed by atoms with van der Waals surface area (Å²) in [5.41, 5.74) is 3.00. The molecule has 188 valence electrons. The predicted molar refractivity (Wildman–Crippen MR) is 138 cm³/mol. The zero-order valence-electron chi connectivity index (χ0n) is 20.8. The number of ether oxygens (including phenoxy) is 1. The van der Waals surface area contributed by atoms with E-state index in [1.807, 2.05) is 60.5 Å². The normalized spacial score (nSPS) is 18.8. The number of carbonyl (C=O) groups excluding carboxylic acids is 2. The summed E-state index contributed by atoms with van der Waals surface area (Å²) in [6, 6.07) is 12.0. The number of hydrogen-bond acceptors (Lipinski definition) is 4. The van der Waals surface area contributed by atoms with Crippen molar-refractivity contribution in [1.82, 2.24) is 9.80 Å². The highest BCUT2D eigenvalue weighted by Crippen LogP contribution is 2.38. The number of halogens is 1. The van der Waals surface area contributed by atoms with Crippen LogP contribution in [0.25, 0.3) is 0 Å². The van der Waals surface area contributed by atoms with Crippen LogP contribution in [-0.4, -0.2) is 58.9 Å². The number of hydrogen-bond donors (Lipinski definition) is 0. The van der Waals surface area contributed by atoms with Crippen LogP contribution in [0.3, 0.4) is 0 Å². The molecular weight excluding hydrogens is 463 g/mol. The fourth-order valence-corrected chi connectivity index (χ4v) is 5.77. The molecule has 2 unspecified atom stereocenters. The summed E-state index contributed by atoms with van der Waals surface area (Å²) in [4.78, 5) is 30.1. The molecule has 0 N–H and O–H groups in total. The summed E-state index contributed by atoms with van der Waals surface area (Å²) in [7, 11) is 0. The van der Waals surface area contributed by atoms with Gasteiger partial charge in [-0.2, -0.15) is 11.8 Å². The van der Waals surface area contributed by atoms with Crippen LogP contribution < -0.4 is 4.74 Å². The minimum Gasteiger partial charge on any atom is -0.481 e. The Balaban J connectivity index is 1.64. The van der Waals surface area contributed by atoms with E-state index in [0.29, 0.717) is 25.1 Å². The van der Waals surface area contributed by atoms with Gasteiger partial charge in [-0.3, -0.25) is 9.59 Å². The molecule has 2 heterocycles. The molecule has 0 radical (unpaired) electrons. The van der Waals surface area contributed by atoms with E-state index in [0.717, 1.165) is 47.7 Å². The van der Waals surface area contributed by atoms with E-state index in [2.05, 4.69) is 0 Å². The van der Waals surface area contributed by atoms with Crippen LogP contribution in [0.4, 0.5) is 4.39 Å². The number of rotatable bonds is 7. The first-order chi connectivity index (χ1) is 16.9. The monoisotopic (exact) mass is 498 g/mol. The Morgan fingerprint density at radius 1 is 1.09 bits per heavy atom. The van der Waals surface area contributed by atoms with E-state index in [-0.39, 0.29) is 29.6 Å². The van der Waals surface area contributed by atoms with E-state index in [1.165, 1.54) is 12.1 Å². The van der Waals surface area contributed by atoms with Crippen LogP contribution >= 0.6 is 11.8 Å². The molecule has 2 aliphatic rings. The lowest BCUT2D eigenvalue weighted by molar-refractivity contribution is -0.138. The van der Waals surface area contributed by atoms with Crippen molar-refractivity contribution in [2.75, 3.05) is 31.1 Å². The molecule has 0 bridgehead atoms. The topological polar surface area (TPSA) is 49.9 Å². The third kappa shape index (κ3) is 6.00. The van der Waals surface area contributed by atoms with E-state index < -0.39 is 6.10 Å². The first-order valence-corrected chi connectivity index (χ1v) is 13.7. The number of fused-ring (bicyclic) bond motifs is 1. The van der Waals surface area contributed by atoms with Gasteiger partial charge in [0.15, 0.2) is 6.10 Å². The number of thioether (sulfide) groups is 1. The van der Waals surface area contributed by atoms with Crippen molar-refractivity contribution in [3.63, 3.8) is 0 Å². The molecule has 0 spiro atoms. The largest absolute Gasteiger partial charge is 0.481 e.